The number of rotatable bonds is 5. The minimum Gasteiger partial charge on any atom is -0.302 e. The number of carbonyl (C=O) groups excluding carboxylic acids is 1. The van der Waals surface area contributed by atoms with E-state index in [4.69, 9.17) is 0 Å². The summed E-state index contributed by atoms with van der Waals surface area (Å²) in [5, 5.41) is 19.5. The van der Waals surface area contributed by atoms with Crippen molar-refractivity contribution in [1.82, 2.24) is 14.8 Å². The van der Waals surface area contributed by atoms with Crippen LogP contribution in [0.2, 0.25) is 0 Å². The van der Waals surface area contributed by atoms with Gasteiger partial charge < -0.3 is 5.32 Å². The average molecular weight is 295 g/mol. The normalized spacial score (nSPS) is 12.1. The molecule has 2 aromatic heterocycles. The molecule has 106 valence electrons. The van der Waals surface area contributed by atoms with Crippen molar-refractivity contribution in [3.63, 3.8) is 0 Å². The lowest BCUT2D eigenvalue weighted by molar-refractivity contribution is -0.385. The molecular weight excluding hydrogens is 282 g/mol. The summed E-state index contributed by atoms with van der Waals surface area (Å²) in [7, 11) is 0. The Labute approximate surface area is 118 Å². The number of hydrogen-bond donors (Lipinski definition) is 1. The second kappa shape index (κ2) is 5.78. The molecule has 0 aliphatic carbocycles. The number of carbonyl (C=O) groups is 1. The van der Waals surface area contributed by atoms with Crippen molar-refractivity contribution in [1.29, 1.82) is 0 Å². The SMILES string of the molecule is Cc1csc(NC(=O)[C@H](C)Cn2cc([N+](=O)[O-])cn2)n1. The monoisotopic (exact) mass is 295 g/mol. The highest BCUT2D eigenvalue weighted by Gasteiger charge is 2.17. The second-order valence-electron chi connectivity index (χ2n) is 4.36. The molecule has 2 rings (SSSR count). The molecular formula is C11H13N5O3S. The van der Waals surface area contributed by atoms with Gasteiger partial charge >= 0.3 is 5.69 Å². The molecule has 0 radical (unpaired) electrons. The average Bonchev–Trinajstić information content (AvgIpc) is 2.98. The van der Waals surface area contributed by atoms with Gasteiger partial charge in [-0.25, -0.2) is 4.98 Å². The molecule has 0 aliphatic rings. The molecule has 0 aliphatic heterocycles. The Bertz CT molecular complexity index is 636. The quantitative estimate of drug-likeness (QED) is 0.669. The van der Waals surface area contributed by atoms with Crippen molar-refractivity contribution in [2.45, 2.75) is 20.4 Å². The van der Waals surface area contributed by atoms with Crippen LogP contribution in [0.5, 0.6) is 0 Å². The molecule has 1 N–H and O–H groups in total. The topological polar surface area (TPSA) is 103 Å². The summed E-state index contributed by atoms with van der Waals surface area (Å²) >= 11 is 1.35. The number of aromatic nitrogens is 3. The fourth-order valence-corrected chi connectivity index (χ4v) is 2.24. The molecule has 1 atom stereocenters. The Hall–Kier alpha value is -2.29. The van der Waals surface area contributed by atoms with Gasteiger partial charge in [-0.2, -0.15) is 5.10 Å². The van der Waals surface area contributed by atoms with Crippen LogP contribution in [0.1, 0.15) is 12.6 Å². The van der Waals surface area contributed by atoms with Gasteiger partial charge in [-0.3, -0.25) is 19.6 Å². The summed E-state index contributed by atoms with van der Waals surface area (Å²) in [5.41, 5.74) is 0.758. The summed E-state index contributed by atoms with van der Waals surface area (Å²) in [6, 6.07) is 0. The first-order valence-corrected chi connectivity index (χ1v) is 6.73. The third-order valence-corrected chi connectivity index (χ3v) is 3.46. The Balaban J connectivity index is 1.94. The number of thiazole rings is 1. The lowest BCUT2D eigenvalue weighted by Crippen LogP contribution is -2.24. The van der Waals surface area contributed by atoms with E-state index in [1.165, 1.54) is 22.2 Å². The Morgan fingerprint density at radius 2 is 2.40 bits per heavy atom. The van der Waals surface area contributed by atoms with Crippen LogP contribution in [-0.4, -0.2) is 25.6 Å². The molecule has 0 spiro atoms. The Morgan fingerprint density at radius 3 is 2.95 bits per heavy atom. The van der Waals surface area contributed by atoms with E-state index in [1.807, 2.05) is 12.3 Å². The summed E-state index contributed by atoms with van der Waals surface area (Å²) in [6.45, 7) is 3.84. The minimum atomic E-state index is -0.521. The van der Waals surface area contributed by atoms with Crippen LogP contribution >= 0.6 is 11.3 Å². The lowest BCUT2D eigenvalue weighted by Gasteiger charge is -2.10. The summed E-state index contributed by atoms with van der Waals surface area (Å²) in [4.78, 5) is 26.1. The van der Waals surface area contributed by atoms with Gasteiger partial charge in [-0.05, 0) is 6.92 Å². The van der Waals surface area contributed by atoms with Gasteiger partial charge in [0.15, 0.2) is 5.13 Å². The number of anilines is 1. The van der Waals surface area contributed by atoms with E-state index < -0.39 is 4.92 Å². The molecule has 0 saturated carbocycles. The predicted octanol–water partition coefficient (Wildman–Crippen LogP) is 1.83. The maximum Gasteiger partial charge on any atom is 0.306 e. The molecule has 0 saturated heterocycles. The van der Waals surface area contributed by atoms with E-state index >= 15 is 0 Å². The van der Waals surface area contributed by atoms with Crippen LogP contribution in [0, 0.1) is 23.0 Å². The largest absolute Gasteiger partial charge is 0.306 e. The molecule has 0 bridgehead atoms. The number of hydrogen-bond acceptors (Lipinski definition) is 6. The van der Waals surface area contributed by atoms with E-state index in [9.17, 15) is 14.9 Å². The maximum atomic E-state index is 11.9. The number of nitrogens with zero attached hydrogens (tertiary/aromatic N) is 4. The molecule has 9 heteroatoms. The number of amides is 1. The molecule has 8 nitrogen and oxygen atoms in total. The number of nitrogens with one attached hydrogen (secondary N) is 1. The van der Waals surface area contributed by atoms with E-state index in [1.54, 1.807) is 6.92 Å². The molecule has 2 aromatic rings. The van der Waals surface area contributed by atoms with Crippen LogP contribution in [0.25, 0.3) is 0 Å². The third-order valence-electron chi connectivity index (χ3n) is 2.59. The molecule has 20 heavy (non-hydrogen) atoms. The first kappa shape index (κ1) is 14.1. The van der Waals surface area contributed by atoms with Gasteiger partial charge in [0.1, 0.15) is 12.4 Å². The summed E-state index contributed by atoms with van der Waals surface area (Å²) < 4.78 is 1.38. The molecule has 1 amide bonds. The van der Waals surface area contributed by atoms with Gasteiger partial charge in [0.25, 0.3) is 0 Å². The van der Waals surface area contributed by atoms with Crippen molar-refractivity contribution in [3.8, 4) is 0 Å². The zero-order valence-electron chi connectivity index (χ0n) is 10.9. The van der Waals surface area contributed by atoms with Gasteiger partial charge in [0.2, 0.25) is 5.91 Å². The maximum absolute atomic E-state index is 11.9. The van der Waals surface area contributed by atoms with Crippen molar-refractivity contribution in [2.75, 3.05) is 5.32 Å². The second-order valence-corrected chi connectivity index (χ2v) is 5.22. The van der Waals surface area contributed by atoms with Crippen molar-refractivity contribution in [3.05, 3.63) is 33.6 Å². The highest BCUT2D eigenvalue weighted by atomic mass is 32.1. The number of aryl methyl sites for hydroxylation is 1. The fraction of sp³-hybridized carbons (Fsp3) is 0.364. The molecule has 0 aromatic carbocycles. The van der Waals surface area contributed by atoms with Crippen molar-refractivity contribution >= 4 is 28.1 Å². The number of nitro groups is 1. The van der Waals surface area contributed by atoms with Gasteiger partial charge in [0, 0.05) is 5.38 Å². The molecule has 0 unspecified atom stereocenters. The van der Waals surface area contributed by atoms with E-state index in [2.05, 4.69) is 15.4 Å². The summed E-state index contributed by atoms with van der Waals surface area (Å²) in [5.74, 6) is -0.573. The van der Waals surface area contributed by atoms with Crippen LogP contribution in [-0.2, 0) is 11.3 Å². The Morgan fingerprint density at radius 1 is 1.65 bits per heavy atom. The highest BCUT2D eigenvalue weighted by molar-refractivity contribution is 7.13. The van der Waals surface area contributed by atoms with Crippen LogP contribution in [0.4, 0.5) is 10.8 Å². The van der Waals surface area contributed by atoms with E-state index in [-0.39, 0.29) is 24.1 Å². The van der Waals surface area contributed by atoms with Crippen molar-refractivity contribution < 1.29 is 9.72 Å². The smallest absolute Gasteiger partial charge is 0.302 e. The zero-order chi connectivity index (χ0) is 14.7. The summed E-state index contributed by atoms with van der Waals surface area (Å²) in [6.07, 6.45) is 2.46. The highest BCUT2D eigenvalue weighted by Crippen LogP contribution is 2.16. The zero-order valence-corrected chi connectivity index (χ0v) is 11.8. The third kappa shape index (κ3) is 3.38. The van der Waals surface area contributed by atoms with Gasteiger partial charge in [-0.1, -0.05) is 6.92 Å². The molecule has 2 heterocycles. The standard InChI is InChI=1S/C11H13N5O3S/c1-7(4-15-5-9(3-12-15)16(18)19)10(17)14-11-13-8(2)6-20-11/h3,5-7H,4H2,1-2H3,(H,13,14,17)/t7-/m1/s1. The van der Waals surface area contributed by atoms with Crippen LogP contribution in [0.15, 0.2) is 17.8 Å². The fourth-order valence-electron chi connectivity index (χ4n) is 1.55. The van der Waals surface area contributed by atoms with E-state index in [0.29, 0.717) is 5.13 Å². The van der Waals surface area contributed by atoms with Gasteiger partial charge in [0.05, 0.1) is 23.1 Å². The molecule has 0 fully saturated rings. The minimum absolute atomic E-state index is 0.0897. The first-order chi connectivity index (χ1) is 9.45. The first-order valence-electron chi connectivity index (χ1n) is 5.85. The predicted molar refractivity (Wildman–Crippen MR) is 73.5 cm³/mol. The lowest BCUT2D eigenvalue weighted by atomic mass is 10.1. The van der Waals surface area contributed by atoms with Crippen molar-refractivity contribution in [2.24, 2.45) is 5.92 Å². The van der Waals surface area contributed by atoms with Crippen LogP contribution < -0.4 is 5.32 Å². The van der Waals surface area contributed by atoms with Crippen LogP contribution in [0.3, 0.4) is 0 Å². The Kier molecular flexibility index (Phi) is 4.08. The van der Waals surface area contributed by atoms with Gasteiger partial charge in [-0.15, -0.1) is 11.3 Å². The van der Waals surface area contributed by atoms with E-state index in [0.717, 1.165) is 11.9 Å².